The SMILES string of the molecule is CCC(CC)C(=O)Nc1ccc2c(c1)CN(C(=O)c1cccs1)CC2. The van der Waals surface area contributed by atoms with E-state index >= 15 is 0 Å². The number of hydrogen-bond donors (Lipinski definition) is 1. The molecule has 2 aromatic rings. The molecule has 0 bridgehead atoms. The normalized spacial score (nSPS) is 13.6. The van der Waals surface area contributed by atoms with Gasteiger partial charge in [0, 0.05) is 24.7 Å². The summed E-state index contributed by atoms with van der Waals surface area (Å²) >= 11 is 1.48. The molecular formula is C20H24N2O2S. The van der Waals surface area contributed by atoms with Gasteiger partial charge in [-0.05, 0) is 54.0 Å². The van der Waals surface area contributed by atoms with Crippen molar-refractivity contribution < 1.29 is 9.59 Å². The maximum Gasteiger partial charge on any atom is 0.264 e. The second-order valence-electron chi connectivity index (χ2n) is 6.44. The van der Waals surface area contributed by atoms with E-state index in [9.17, 15) is 9.59 Å². The van der Waals surface area contributed by atoms with Crippen molar-refractivity contribution in [2.24, 2.45) is 5.92 Å². The van der Waals surface area contributed by atoms with Crippen molar-refractivity contribution in [3.05, 3.63) is 51.7 Å². The van der Waals surface area contributed by atoms with Gasteiger partial charge in [0.2, 0.25) is 5.91 Å². The third kappa shape index (κ3) is 3.93. The summed E-state index contributed by atoms with van der Waals surface area (Å²) in [5, 5.41) is 4.95. The Morgan fingerprint density at radius 1 is 1.20 bits per heavy atom. The van der Waals surface area contributed by atoms with Crippen LogP contribution in [0.15, 0.2) is 35.7 Å². The van der Waals surface area contributed by atoms with Crippen LogP contribution in [0, 0.1) is 5.92 Å². The molecule has 1 aromatic carbocycles. The van der Waals surface area contributed by atoms with Crippen molar-refractivity contribution in [3.63, 3.8) is 0 Å². The average molecular weight is 356 g/mol. The first-order chi connectivity index (χ1) is 12.1. The molecule has 4 nitrogen and oxygen atoms in total. The zero-order valence-electron chi connectivity index (χ0n) is 14.7. The Labute approximate surface area is 152 Å². The van der Waals surface area contributed by atoms with Crippen molar-refractivity contribution in [1.82, 2.24) is 4.90 Å². The van der Waals surface area contributed by atoms with Crippen molar-refractivity contribution in [3.8, 4) is 0 Å². The predicted molar refractivity (Wildman–Crippen MR) is 102 cm³/mol. The summed E-state index contributed by atoms with van der Waals surface area (Å²) in [5.41, 5.74) is 3.20. The summed E-state index contributed by atoms with van der Waals surface area (Å²) in [6, 6.07) is 9.83. The molecular weight excluding hydrogens is 332 g/mol. The Bertz CT molecular complexity index is 751. The van der Waals surface area contributed by atoms with E-state index in [1.165, 1.54) is 16.9 Å². The summed E-state index contributed by atoms with van der Waals surface area (Å²) in [4.78, 5) is 27.5. The van der Waals surface area contributed by atoms with Crippen LogP contribution in [0.4, 0.5) is 5.69 Å². The van der Waals surface area contributed by atoms with Crippen molar-refractivity contribution in [2.45, 2.75) is 39.7 Å². The Morgan fingerprint density at radius 2 is 2.00 bits per heavy atom. The molecule has 0 radical (unpaired) electrons. The lowest BCUT2D eigenvalue weighted by Gasteiger charge is -2.29. The van der Waals surface area contributed by atoms with Gasteiger partial charge in [-0.3, -0.25) is 9.59 Å². The number of benzene rings is 1. The molecule has 5 heteroatoms. The summed E-state index contributed by atoms with van der Waals surface area (Å²) in [5.74, 6) is 0.215. The highest BCUT2D eigenvalue weighted by molar-refractivity contribution is 7.12. The van der Waals surface area contributed by atoms with Crippen LogP contribution in [0.1, 0.15) is 47.5 Å². The van der Waals surface area contributed by atoms with Gasteiger partial charge in [0.15, 0.2) is 0 Å². The summed E-state index contributed by atoms with van der Waals surface area (Å²) in [6.45, 7) is 5.41. The van der Waals surface area contributed by atoms with Crippen molar-refractivity contribution in [2.75, 3.05) is 11.9 Å². The van der Waals surface area contributed by atoms with Crippen LogP contribution in [0.3, 0.4) is 0 Å². The van der Waals surface area contributed by atoms with E-state index in [1.54, 1.807) is 0 Å². The molecule has 0 unspecified atom stereocenters. The molecule has 0 spiro atoms. The van der Waals surface area contributed by atoms with E-state index < -0.39 is 0 Å². The number of nitrogens with one attached hydrogen (secondary N) is 1. The number of fused-ring (bicyclic) bond motifs is 1. The summed E-state index contributed by atoms with van der Waals surface area (Å²) in [7, 11) is 0. The van der Waals surface area contributed by atoms with Gasteiger partial charge in [0.05, 0.1) is 4.88 Å². The molecule has 1 aliphatic heterocycles. The highest BCUT2D eigenvalue weighted by Crippen LogP contribution is 2.25. The molecule has 0 atom stereocenters. The van der Waals surface area contributed by atoms with Crippen LogP contribution in [-0.4, -0.2) is 23.3 Å². The highest BCUT2D eigenvalue weighted by atomic mass is 32.1. The first-order valence-electron chi connectivity index (χ1n) is 8.87. The van der Waals surface area contributed by atoms with Gasteiger partial charge in [0.1, 0.15) is 0 Å². The average Bonchev–Trinajstić information content (AvgIpc) is 3.16. The smallest absolute Gasteiger partial charge is 0.264 e. The third-order valence-corrected chi connectivity index (χ3v) is 5.72. The molecule has 1 aromatic heterocycles. The molecule has 25 heavy (non-hydrogen) atoms. The minimum atomic E-state index is 0.0490. The van der Waals surface area contributed by atoms with Crippen LogP contribution in [-0.2, 0) is 17.8 Å². The van der Waals surface area contributed by atoms with Crippen LogP contribution >= 0.6 is 11.3 Å². The number of anilines is 1. The highest BCUT2D eigenvalue weighted by Gasteiger charge is 2.23. The van der Waals surface area contributed by atoms with Crippen molar-refractivity contribution >= 4 is 28.8 Å². The van der Waals surface area contributed by atoms with Crippen LogP contribution in [0.2, 0.25) is 0 Å². The first kappa shape index (κ1) is 17.7. The van der Waals surface area contributed by atoms with E-state index in [-0.39, 0.29) is 17.7 Å². The van der Waals surface area contributed by atoms with Gasteiger partial charge >= 0.3 is 0 Å². The lowest BCUT2D eigenvalue weighted by Crippen LogP contribution is -2.35. The van der Waals surface area contributed by atoms with E-state index in [0.29, 0.717) is 6.54 Å². The Kier molecular flexibility index (Phi) is 5.53. The maximum absolute atomic E-state index is 12.6. The first-order valence-corrected chi connectivity index (χ1v) is 9.75. The molecule has 2 heterocycles. The number of rotatable bonds is 5. The van der Waals surface area contributed by atoms with Crippen LogP contribution < -0.4 is 5.32 Å². The van der Waals surface area contributed by atoms with Gasteiger partial charge in [-0.1, -0.05) is 26.0 Å². The minimum absolute atomic E-state index is 0.0490. The maximum atomic E-state index is 12.6. The largest absolute Gasteiger partial charge is 0.333 e. The number of carbonyl (C=O) groups excluding carboxylic acids is 2. The number of thiophene rings is 1. The van der Waals surface area contributed by atoms with Gasteiger partial charge in [-0.2, -0.15) is 0 Å². The zero-order valence-corrected chi connectivity index (χ0v) is 15.6. The predicted octanol–water partition coefficient (Wildman–Crippen LogP) is 4.32. The van der Waals surface area contributed by atoms with Gasteiger partial charge in [-0.25, -0.2) is 0 Å². The second kappa shape index (κ2) is 7.83. The Morgan fingerprint density at radius 3 is 2.68 bits per heavy atom. The van der Waals surface area contributed by atoms with Gasteiger partial charge in [-0.15, -0.1) is 11.3 Å². The fraction of sp³-hybridized carbons (Fsp3) is 0.400. The third-order valence-electron chi connectivity index (χ3n) is 4.86. The monoisotopic (exact) mass is 356 g/mol. The van der Waals surface area contributed by atoms with Crippen LogP contribution in [0.25, 0.3) is 0 Å². The summed E-state index contributed by atoms with van der Waals surface area (Å²) in [6.07, 6.45) is 2.54. The Hall–Kier alpha value is -2.14. The molecule has 0 saturated heterocycles. The Balaban J connectivity index is 1.73. The molecule has 132 valence electrons. The second-order valence-corrected chi connectivity index (χ2v) is 7.39. The van der Waals surface area contributed by atoms with Crippen molar-refractivity contribution in [1.29, 1.82) is 0 Å². The number of amides is 2. The van der Waals surface area contributed by atoms with E-state index in [1.807, 2.05) is 48.4 Å². The molecule has 0 saturated carbocycles. The fourth-order valence-corrected chi connectivity index (χ4v) is 3.96. The lowest BCUT2D eigenvalue weighted by atomic mass is 9.98. The fourth-order valence-electron chi connectivity index (χ4n) is 3.27. The van der Waals surface area contributed by atoms with Crippen LogP contribution in [0.5, 0.6) is 0 Å². The van der Waals surface area contributed by atoms with Gasteiger partial charge < -0.3 is 10.2 Å². The number of carbonyl (C=O) groups is 2. The van der Waals surface area contributed by atoms with E-state index in [0.717, 1.165) is 41.9 Å². The molecule has 0 aliphatic carbocycles. The molecule has 1 N–H and O–H groups in total. The molecule has 0 fully saturated rings. The lowest BCUT2D eigenvalue weighted by molar-refractivity contribution is -0.120. The van der Waals surface area contributed by atoms with Gasteiger partial charge in [0.25, 0.3) is 5.91 Å². The topological polar surface area (TPSA) is 49.4 Å². The zero-order chi connectivity index (χ0) is 17.8. The number of hydrogen-bond acceptors (Lipinski definition) is 3. The number of nitrogens with zero attached hydrogens (tertiary/aromatic N) is 1. The molecule has 2 amide bonds. The quantitative estimate of drug-likeness (QED) is 0.867. The minimum Gasteiger partial charge on any atom is -0.333 e. The summed E-state index contributed by atoms with van der Waals surface area (Å²) < 4.78 is 0. The van der Waals surface area contributed by atoms with E-state index in [4.69, 9.17) is 0 Å². The standard InChI is InChI=1S/C20H24N2O2S/c1-3-14(4-2)19(23)21-17-8-7-15-9-10-22(13-16(15)12-17)20(24)18-6-5-11-25-18/h5-8,11-12,14H,3-4,9-10,13H2,1-2H3,(H,21,23). The van der Waals surface area contributed by atoms with E-state index in [2.05, 4.69) is 11.4 Å². The molecule has 1 aliphatic rings. The molecule has 3 rings (SSSR count).